The molecule has 0 unspecified atom stereocenters. The third-order valence-corrected chi connectivity index (χ3v) is 6.06. The first-order valence-corrected chi connectivity index (χ1v) is 9.70. The number of allylic oxidation sites excluding steroid dienone is 2. The molecule has 1 aliphatic rings. The topological polar surface area (TPSA) is 0 Å². The van der Waals surface area contributed by atoms with Gasteiger partial charge in [0.05, 0.1) is 0 Å². The first-order chi connectivity index (χ1) is 10.9. The lowest BCUT2D eigenvalue weighted by Crippen LogP contribution is -2.18. The predicted octanol–water partition coefficient (Wildman–Crippen LogP) is 7.23. The van der Waals surface area contributed by atoms with E-state index >= 15 is 0 Å². The Labute approximate surface area is 144 Å². The lowest BCUT2D eigenvalue weighted by Gasteiger charge is -2.27. The molecule has 0 N–H and O–H groups in total. The Morgan fingerprint density at radius 2 is 1.78 bits per heavy atom. The van der Waals surface area contributed by atoms with Crippen molar-refractivity contribution in [2.75, 3.05) is 0 Å². The molecule has 0 amide bonds. The summed E-state index contributed by atoms with van der Waals surface area (Å²) in [7, 11) is 0. The second kappa shape index (κ2) is 7.69. The van der Waals surface area contributed by atoms with Crippen molar-refractivity contribution in [2.24, 2.45) is 5.92 Å². The van der Waals surface area contributed by atoms with E-state index in [1.165, 1.54) is 61.6 Å². The Kier molecular flexibility index (Phi) is 6.12. The lowest BCUT2D eigenvalue weighted by atomic mass is 9.77. The summed E-state index contributed by atoms with van der Waals surface area (Å²) < 4.78 is 0. The van der Waals surface area contributed by atoms with Gasteiger partial charge in [-0.25, -0.2) is 0 Å². The highest BCUT2D eigenvalue weighted by Crippen LogP contribution is 2.39. The van der Waals surface area contributed by atoms with Gasteiger partial charge in [0.2, 0.25) is 0 Å². The molecule has 0 heterocycles. The van der Waals surface area contributed by atoms with Crippen LogP contribution in [0.3, 0.4) is 0 Å². The van der Waals surface area contributed by atoms with E-state index in [2.05, 4.69) is 59.8 Å². The molecule has 128 valence electrons. The van der Waals surface area contributed by atoms with E-state index in [1.807, 2.05) is 0 Å². The van der Waals surface area contributed by atoms with Gasteiger partial charge in [-0.1, -0.05) is 65.2 Å². The number of benzene rings is 1. The van der Waals surface area contributed by atoms with Gasteiger partial charge in [-0.05, 0) is 78.7 Å². The second-order valence-electron chi connectivity index (χ2n) is 8.21. The van der Waals surface area contributed by atoms with Gasteiger partial charge >= 0.3 is 0 Å². The summed E-state index contributed by atoms with van der Waals surface area (Å²) in [5.41, 5.74) is 7.90. The third-order valence-electron chi connectivity index (χ3n) is 6.06. The van der Waals surface area contributed by atoms with Crippen LogP contribution in [0.5, 0.6) is 0 Å². The van der Waals surface area contributed by atoms with Crippen LogP contribution < -0.4 is 0 Å². The zero-order chi connectivity index (χ0) is 17.0. The first-order valence-electron chi connectivity index (χ1n) is 9.70. The minimum absolute atomic E-state index is 0.293. The van der Waals surface area contributed by atoms with Crippen LogP contribution in [0.4, 0.5) is 0 Å². The molecular weight excluding hydrogens is 276 g/mol. The number of hydrogen-bond acceptors (Lipinski definition) is 0. The Balaban J connectivity index is 2.23. The highest BCUT2D eigenvalue weighted by Gasteiger charge is 2.26. The van der Waals surface area contributed by atoms with Gasteiger partial charge in [-0.15, -0.1) is 0 Å². The summed E-state index contributed by atoms with van der Waals surface area (Å²) >= 11 is 0. The van der Waals surface area contributed by atoms with Crippen molar-refractivity contribution in [1.82, 2.24) is 0 Å². The Morgan fingerprint density at radius 3 is 2.43 bits per heavy atom. The summed E-state index contributed by atoms with van der Waals surface area (Å²) in [6.45, 7) is 14.1. The molecule has 0 bridgehead atoms. The van der Waals surface area contributed by atoms with Crippen LogP contribution in [0, 0.1) is 12.8 Å². The number of aryl methyl sites for hydroxylation is 2. The quantitative estimate of drug-likeness (QED) is 0.519. The summed E-state index contributed by atoms with van der Waals surface area (Å²) in [6, 6.07) is 5.00. The molecule has 0 atom stereocenters. The van der Waals surface area contributed by atoms with E-state index < -0.39 is 0 Å². The van der Waals surface area contributed by atoms with Crippen molar-refractivity contribution in [2.45, 2.75) is 91.9 Å². The van der Waals surface area contributed by atoms with Gasteiger partial charge in [-0.2, -0.15) is 0 Å². The zero-order valence-electron chi connectivity index (χ0n) is 16.3. The van der Waals surface area contributed by atoms with E-state index in [-0.39, 0.29) is 0 Å². The van der Waals surface area contributed by atoms with E-state index in [0.29, 0.717) is 5.41 Å². The normalized spacial score (nSPS) is 16.9. The highest BCUT2D eigenvalue weighted by atomic mass is 14.3. The number of rotatable bonds is 6. The fourth-order valence-electron chi connectivity index (χ4n) is 4.08. The van der Waals surface area contributed by atoms with E-state index in [1.54, 1.807) is 11.1 Å². The van der Waals surface area contributed by atoms with Crippen LogP contribution in [0.15, 0.2) is 18.2 Å². The van der Waals surface area contributed by atoms with Crippen molar-refractivity contribution in [3.05, 3.63) is 40.5 Å². The predicted molar refractivity (Wildman–Crippen MR) is 104 cm³/mol. The molecule has 2 rings (SSSR count). The summed E-state index contributed by atoms with van der Waals surface area (Å²) in [5.74, 6) is 0.915. The molecule has 23 heavy (non-hydrogen) atoms. The molecule has 1 aromatic rings. The van der Waals surface area contributed by atoms with Gasteiger partial charge in [0.25, 0.3) is 0 Å². The molecule has 0 heteroatoms. The molecule has 0 spiro atoms. The number of hydrogen-bond donors (Lipinski definition) is 0. The Morgan fingerprint density at radius 1 is 1.09 bits per heavy atom. The van der Waals surface area contributed by atoms with Crippen LogP contribution in [0.2, 0.25) is 0 Å². The monoisotopic (exact) mass is 312 g/mol. The maximum Gasteiger partial charge on any atom is -0.00945 e. The van der Waals surface area contributed by atoms with E-state index in [0.717, 1.165) is 5.92 Å². The highest BCUT2D eigenvalue weighted by molar-refractivity contribution is 5.70. The minimum Gasteiger partial charge on any atom is -0.0810 e. The summed E-state index contributed by atoms with van der Waals surface area (Å²) in [5, 5.41) is 0. The average molecular weight is 313 g/mol. The van der Waals surface area contributed by atoms with E-state index in [9.17, 15) is 0 Å². The minimum atomic E-state index is 0.293. The smallest absolute Gasteiger partial charge is 0.00945 e. The molecule has 0 saturated heterocycles. The molecule has 0 aliphatic heterocycles. The maximum absolute atomic E-state index is 2.54. The van der Waals surface area contributed by atoms with Gasteiger partial charge in [0.15, 0.2) is 0 Å². The zero-order valence-corrected chi connectivity index (χ0v) is 16.3. The number of fused-ring (bicyclic) bond motifs is 1. The van der Waals surface area contributed by atoms with Crippen LogP contribution >= 0.6 is 0 Å². The molecule has 0 aromatic heterocycles. The lowest BCUT2D eigenvalue weighted by molar-refractivity contribution is 0.440. The second-order valence-corrected chi connectivity index (χ2v) is 8.21. The molecule has 1 aliphatic carbocycles. The van der Waals surface area contributed by atoms with Crippen LogP contribution in [0.25, 0.3) is 5.57 Å². The van der Waals surface area contributed by atoms with Crippen molar-refractivity contribution in [1.29, 1.82) is 0 Å². The molecule has 0 fully saturated rings. The Bertz CT molecular complexity index is 556. The molecule has 1 aromatic carbocycles. The van der Waals surface area contributed by atoms with Gasteiger partial charge in [-0.3, -0.25) is 0 Å². The fourth-order valence-corrected chi connectivity index (χ4v) is 4.08. The standard InChI is InChI=1S/C23H36/c1-7-19(8-2)12-9-13-20-16-22-21(15-18(20)4)17(3)11-10-14-23(22,5)6/h11,15-16,19H,7-10,12-14H2,1-6H3. The third kappa shape index (κ3) is 4.28. The van der Waals surface area contributed by atoms with Crippen LogP contribution in [0.1, 0.15) is 95.4 Å². The fraction of sp³-hybridized carbons (Fsp3) is 0.652. The van der Waals surface area contributed by atoms with Crippen molar-refractivity contribution in [3.63, 3.8) is 0 Å². The van der Waals surface area contributed by atoms with Gasteiger partial charge < -0.3 is 0 Å². The maximum atomic E-state index is 2.54. The van der Waals surface area contributed by atoms with Crippen LogP contribution in [-0.4, -0.2) is 0 Å². The van der Waals surface area contributed by atoms with Crippen molar-refractivity contribution in [3.8, 4) is 0 Å². The summed E-state index contributed by atoms with van der Waals surface area (Å²) in [4.78, 5) is 0. The van der Waals surface area contributed by atoms with Crippen LogP contribution in [-0.2, 0) is 11.8 Å². The molecular formula is C23H36. The average Bonchev–Trinajstić information content (AvgIpc) is 2.61. The first kappa shape index (κ1) is 18.3. The van der Waals surface area contributed by atoms with Gasteiger partial charge in [0.1, 0.15) is 0 Å². The van der Waals surface area contributed by atoms with Crippen molar-refractivity contribution < 1.29 is 0 Å². The van der Waals surface area contributed by atoms with E-state index in [4.69, 9.17) is 0 Å². The Hall–Kier alpha value is -1.04. The molecule has 0 nitrogen and oxygen atoms in total. The van der Waals surface area contributed by atoms with Gasteiger partial charge in [0, 0.05) is 0 Å². The van der Waals surface area contributed by atoms with Crippen molar-refractivity contribution >= 4 is 5.57 Å². The molecule has 0 saturated carbocycles. The largest absolute Gasteiger partial charge is 0.0810 e. The summed E-state index contributed by atoms with van der Waals surface area (Å²) in [6.07, 6.45) is 11.5. The SMILES string of the molecule is CCC(CC)CCCc1cc2c(cc1C)C(C)=CCCC2(C)C. The molecule has 0 radical (unpaired) electrons.